The molecule has 0 unspecified atom stereocenters. The van der Waals surface area contributed by atoms with Gasteiger partial charge in [0.05, 0.1) is 0 Å². The van der Waals surface area contributed by atoms with Crippen molar-refractivity contribution in [1.82, 2.24) is 5.48 Å². The maximum atomic E-state index is 12.2. The Morgan fingerprint density at radius 2 is 1.43 bits per heavy atom. The van der Waals surface area contributed by atoms with Gasteiger partial charge in [0.25, 0.3) is 5.91 Å². The van der Waals surface area contributed by atoms with E-state index in [2.05, 4.69) is 29.6 Å². The summed E-state index contributed by atoms with van der Waals surface area (Å²) in [5, 5.41) is 11.3. The van der Waals surface area contributed by atoms with Crippen LogP contribution in [0.2, 0.25) is 0 Å². The van der Waals surface area contributed by atoms with E-state index in [1.165, 1.54) is 23.3 Å². The molecule has 3 aromatic carbocycles. The highest BCUT2D eigenvalue weighted by Gasteiger charge is 2.28. The standard InChI is InChI=1S/C22H18N2O4/c25-21(24-27)14-9-11-15(12-10-14)23-22(26)28-13-20-18-7-3-1-5-16(18)17-6-2-4-8-19(17)20/h1-12,20,27H,13H2,(H,23,26)(H,24,25). The van der Waals surface area contributed by atoms with Gasteiger partial charge in [-0.05, 0) is 46.5 Å². The molecule has 6 nitrogen and oxygen atoms in total. The van der Waals surface area contributed by atoms with Crippen molar-refractivity contribution in [3.05, 3.63) is 89.5 Å². The number of carbonyl (C=O) groups is 2. The maximum absolute atomic E-state index is 12.2. The molecule has 2 amide bonds. The number of fused-ring (bicyclic) bond motifs is 3. The fourth-order valence-electron chi connectivity index (χ4n) is 3.52. The molecule has 3 N–H and O–H groups in total. The Morgan fingerprint density at radius 1 is 0.857 bits per heavy atom. The Hall–Kier alpha value is -3.64. The molecular formula is C22H18N2O4. The van der Waals surface area contributed by atoms with Crippen LogP contribution in [-0.4, -0.2) is 23.8 Å². The molecule has 0 fully saturated rings. The first kappa shape index (κ1) is 17.8. The first-order valence-corrected chi connectivity index (χ1v) is 8.84. The minimum Gasteiger partial charge on any atom is -0.448 e. The van der Waals surface area contributed by atoms with E-state index >= 15 is 0 Å². The molecule has 140 valence electrons. The summed E-state index contributed by atoms with van der Waals surface area (Å²) < 4.78 is 5.47. The third-order valence-corrected chi connectivity index (χ3v) is 4.84. The van der Waals surface area contributed by atoms with Crippen LogP contribution < -0.4 is 10.8 Å². The van der Waals surface area contributed by atoms with E-state index in [1.54, 1.807) is 17.6 Å². The smallest absolute Gasteiger partial charge is 0.411 e. The minimum absolute atomic E-state index is 0.00576. The van der Waals surface area contributed by atoms with Crippen LogP contribution in [0.5, 0.6) is 0 Å². The van der Waals surface area contributed by atoms with E-state index < -0.39 is 12.0 Å². The van der Waals surface area contributed by atoms with Gasteiger partial charge in [0.2, 0.25) is 0 Å². The van der Waals surface area contributed by atoms with Crippen LogP contribution in [0.3, 0.4) is 0 Å². The molecule has 3 aromatic rings. The number of nitrogens with one attached hydrogen (secondary N) is 2. The van der Waals surface area contributed by atoms with E-state index in [0.29, 0.717) is 5.69 Å². The summed E-state index contributed by atoms with van der Waals surface area (Å²) in [5.74, 6) is -0.624. The lowest BCUT2D eigenvalue weighted by Crippen LogP contribution is -2.19. The molecule has 4 rings (SSSR count). The van der Waals surface area contributed by atoms with Crippen molar-refractivity contribution >= 4 is 17.7 Å². The van der Waals surface area contributed by atoms with Crippen molar-refractivity contribution < 1.29 is 19.5 Å². The minimum atomic E-state index is -0.618. The molecule has 1 aliphatic carbocycles. The monoisotopic (exact) mass is 374 g/mol. The SMILES string of the molecule is O=C(Nc1ccc(C(=O)NO)cc1)OCC1c2ccccc2-c2ccccc21. The van der Waals surface area contributed by atoms with Crippen molar-refractivity contribution in [1.29, 1.82) is 0 Å². The first-order chi connectivity index (χ1) is 13.7. The number of benzene rings is 3. The third-order valence-electron chi connectivity index (χ3n) is 4.84. The predicted octanol–water partition coefficient (Wildman–Crippen LogP) is 4.17. The lowest BCUT2D eigenvalue weighted by Gasteiger charge is -2.14. The van der Waals surface area contributed by atoms with Gasteiger partial charge in [-0.15, -0.1) is 0 Å². The Kier molecular flexibility index (Phi) is 4.78. The molecule has 0 aliphatic heterocycles. The van der Waals surface area contributed by atoms with Gasteiger partial charge in [0, 0.05) is 17.2 Å². The van der Waals surface area contributed by atoms with Gasteiger partial charge in [0.1, 0.15) is 6.61 Å². The summed E-state index contributed by atoms with van der Waals surface area (Å²) >= 11 is 0. The van der Waals surface area contributed by atoms with Crippen molar-refractivity contribution in [3.63, 3.8) is 0 Å². The molecule has 0 atom stereocenters. The van der Waals surface area contributed by atoms with Crippen LogP contribution in [0, 0.1) is 0 Å². The molecule has 0 heterocycles. The number of hydrogen-bond donors (Lipinski definition) is 3. The molecule has 6 heteroatoms. The second kappa shape index (κ2) is 7.54. The average Bonchev–Trinajstić information content (AvgIpc) is 3.06. The van der Waals surface area contributed by atoms with Crippen molar-refractivity contribution in [2.45, 2.75) is 5.92 Å². The summed E-state index contributed by atoms with van der Waals surface area (Å²) in [6.45, 7) is 0.227. The van der Waals surface area contributed by atoms with Gasteiger partial charge in [0.15, 0.2) is 0 Å². The fourth-order valence-corrected chi connectivity index (χ4v) is 3.52. The molecule has 0 saturated heterocycles. The van der Waals surface area contributed by atoms with Gasteiger partial charge in [-0.3, -0.25) is 15.3 Å². The molecule has 0 aromatic heterocycles. The number of carbonyl (C=O) groups excluding carboxylic acids is 2. The van der Waals surface area contributed by atoms with Crippen LogP contribution in [0.15, 0.2) is 72.8 Å². The van der Waals surface area contributed by atoms with Crippen LogP contribution in [-0.2, 0) is 4.74 Å². The predicted molar refractivity (Wildman–Crippen MR) is 104 cm³/mol. The Balaban J connectivity index is 1.43. The van der Waals surface area contributed by atoms with E-state index in [1.807, 2.05) is 24.3 Å². The number of ether oxygens (including phenoxy) is 1. The average molecular weight is 374 g/mol. The molecule has 0 spiro atoms. The normalized spacial score (nSPS) is 12.0. The zero-order chi connectivity index (χ0) is 19.5. The Labute approximate surface area is 161 Å². The quantitative estimate of drug-likeness (QED) is 0.472. The van der Waals surface area contributed by atoms with Gasteiger partial charge in [-0.2, -0.15) is 0 Å². The zero-order valence-electron chi connectivity index (χ0n) is 14.9. The second-order valence-electron chi connectivity index (χ2n) is 6.47. The number of amides is 2. The van der Waals surface area contributed by atoms with E-state index in [9.17, 15) is 9.59 Å². The second-order valence-corrected chi connectivity index (χ2v) is 6.47. The van der Waals surface area contributed by atoms with Crippen LogP contribution >= 0.6 is 0 Å². The summed E-state index contributed by atoms with van der Waals surface area (Å²) in [6.07, 6.45) is -0.568. The van der Waals surface area contributed by atoms with Crippen molar-refractivity contribution in [2.75, 3.05) is 11.9 Å². The van der Waals surface area contributed by atoms with E-state index in [0.717, 1.165) is 11.1 Å². The zero-order valence-corrected chi connectivity index (χ0v) is 14.9. The highest BCUT2D eigenvalue weighted by atomic mass is 16.5. The van der Waals surface area contributed by atoms with Crippen LogP contribution in [0.25, 0.3) is 11.1 Å². The number of hydrogen-bond acceptors (Lipinski definition) is 4. The van der Waals surface area contributed by atoms with Crippen LogP contribution in [0.4, 0.5) is 10.5 Å². The fraction of sp³-hybridized carbons (Fsp3) is 0.0909. The van der Waals surface area contributed by atoms with Crippen LogP contribution in [0.1, 0.15) is 27.4 Å². The summed E-state index contributed by atoms with van der Waals surface area (Å²) in [4.78, 5) is 23.5. The van der Waals surface area contributed by atoms with Gasteiger partial charge in [-0.1, -0.05) is 48.5 Å². The summed E-state index contributed by atoms with van der Waals surface area (Å²) in [5.41, 5.74) is 6.97. The lowest BCUT2D eigenvalue weighted by atomic mass is 9.98. The summed E-state index contributed by atoms with van der Waals surface area (Å²) in [7, 11) is 0. The van der Waals surface area contributed by atoms with Gasteiger partial charge < -0.3 is 4.74 Å². The largest absolute Gasteiger partial charge is 0.448 e. The first-order valence-electron chi connectivity index (χ1n) is 8.84. The number of anilines is 1. The van der Waals surface area contributed by atoms with Gasteiger partial charge >= 0.3 is 6.09 Å². The van der Waals surface area contributed by atoms with Gasteiger partial charge in [-0.25, -0.2) is 10.3 Å². The number of rotatable bonds is 4. The highest BCUT2D eigenvalue weighted by molar-refractivity contribution is 5.94. The van der Waals surface area contributed by atoms with E-state index in [-0.39, 0.29) is 18.1 Å². The maximum Gasteiger partial charge on any atom is 0.411 e. The van der Waals surface area contributed by atoms with Crippen molar-refractivity contribution in [3.8, 4) is 11.1 Å². The molecular weight excluding hydrogens is 356 g/mol. The summed E-state index contributed by atoms with van der Waals surface area (Å²) in [6, 6.07) is 22.4. The third kappa shape index (κ3) is 3.33. The molecule has 0 bridgehead atoms. The van der Waals surface area contributed by atoms with E-state index in [4.69, 9.17) is 9.94 Å². The topological polar surface area (TPSA) is 87.7 Å². The molecule has 1 aliphatic rings. The highest BCUT2D eigenvalue weighted by Crippen LogP contribution is 2.44. The molecule has 0 saturated carbocycles. The lowest BCUT2D eigenvalue weighted by molar-refractivity contribution is 0.0706. The molecule has 0 radical (unpaired) electrons. The Bertz CT molecular complexity index is 985. The van der Waals surface area contributed by atoms with Crippen molar-refractivity contribution in [2.24, 2.45) is 0 Å². The number of hydroxylamine groups is 1. The molecule has 28 heavy (non-hydrogen) atoms. The Morgan fingerprint density at radius 3 is 2.00 bits per heavy atom.